The van der Waals surface area contributed by atoms with Gasteiger partial charge in [0.1, 0.15) is 0 Å². The molecule has 0 N–H and O–H groups in total. The fourth-order valence-electron chi connectivity index (χ4n) is 2.72. The Labute approximate surface area is 178 Å². The number of halogens is 2. The summed E-state index contributed by atoms with van der Waals surface area (Å²) < 4.78 is 5.52. The second kappa shape index (κ2) is 9.14. The summed E-state index contributed by atoms with van der Waals surface area (Å²) in [5.41, 5.74) is 1.04. The van der Waals surface area contributed by atoms with E-state index in [-0.39, 0.29) is 24.5 Å². The molecule has 1 aliphatic rings. The van der Waals surface area contributed by atoms with Gasteiger partial charge < -0.3 is 4.74 Å². The molecular formula is C21H19Cl2NO3S. The highest BCUT2D eigenvalue weighted by Crippen LogP contribution is 2.40. The lowest BCUT2D eigenvalue weighted by atomic mass is 10.1. The molecule has 0 aromatic heterocycles. The normalized spacial score (nSPS) is 14.5. The number of hydrogen-bond donors (Lipinski definition) is 0. The summed E-state index contributed by atoms with van der Waals surface area (Å²) >= 11 is 13.2. The predicted molar refractivity (Wildman–Crippen MR) is 113 cm³/mol. The van der Waals surface area contributed by atoms with Crippen LogP contribution in [0.5, 0.6) is 0 Å². The lowest BCUT2D eigenvalue weighted by Crippen LogP contribution is -2.35. The molecule has 28 heavy (non-hydrogen) atoms. The molecule has 7 heteroatoms. The molecule has 3 rings (SSSR count). The van der Waals surface area contributed by atoms with E-state index in [2.05, 4.69) is 0 Å². The minimum Gasteiger partial charge on any atom is -0.377 e. The van der Waals surface area contributed by atoms with E-state index in [9.17, 15) is 9.59 Å². The minimum atomic E-state index is -0.323. The van der Waals surface area contributed by atoms with E-state index in [4.69, 9.17) is 27.9 Å². The monoisotopic (exact) mass is 435 g/mol. The number of imide groups is 1. The van der Waals surface area contributed by atoms with Crippen LogP contribution >= 0.6 is 35.0 Å². The van der Waals surface area contributed by atoms with Gasteiger partial charge in [0, 0.05) is 14.9 Å². The van der Waals surface area contributed by atoms with Crippen molar-refractivity contribution in [3.8, 4) is 0 Å². The highest BCUT2D eigenvalue weighted by molar-refractivity contribution is 8.04. The largest absolute Gasteiger partial charge is 0.377 e. The summed E-state index contributed by atoms with van der Waals surface area (Å²) in [5.74, 6) is -0.640. The van der Waals surface area contributed by atoms with Gasteiger partial charge in [0.15, 0.2) is 0 Å². The molecule has 0 fully saturated rings. The van der Waals surface area contributed by atoms with Crippen LogP contribution in [-0.2, 0) is 14.3 Å². The Balaban J connectivity index is 1.94. The lowest BCUT2D eigenvalue weighted by molar-refractivity contribution is -0.137. The Bertz CT molecular complexity index is 908. The van der Waals surface area contributed by atoms with Crippen LogP contribution in [0.1, 0.15) is 19.4 Å². The first-order valence-electron chi connectivity index (χ1n) is 8.78. The number of thioether (sulfide) groups is 1. The molecule has 1 aliphatic heterocycles. The summed E-state index contributed by atoms with van der Waals surface area (Å²) in [5, 5.41) is 1.17. The van der Waals surface area contributed by atoms with Gasteiger partial charge in [-0.3, -0.25) is 14.5 Å². The van der Waals surface area contributed by atoms with Crippen LogP contribution in [0.15, 0.2) is 58.3 Å². The summed E-state index contributed by atoms with van der Waals surface area (Å²) in [4.78, 5) is 28.5. The van der Waals surface area contributed by atoms with Crippen LogP contribution in [0.4, 0.5) is 0 Å². The SMILES string of the molecule is CC(C)OCCN1C(=O)C(Sc2ccc(Cl)cc2)=C(c2ccc(Cl)cc2)C1=O. The van der Waals surface area contributed by atoms with Gasteiger partial charge >= 0.3 is 0 Å². The van der Waals surface area contributed by atoms with Gasteiger partial charge in [-0.05, 0) is 55.8 Å². The molecule has 0 saturated carbocycles. The van der Waals surface area contributed by atoms with Crippen LogP contribution in [0.2, 0.25) is 10.0 Å². The maximum Gasteiger partial charge on any atom is 0.268 e. The Kier molecular flexibility index (Phi) is 6.83. The van der Waals surface area contributed by atoms with Gasteiger partial charge in [-0.25, -0.2) is 0 Å². The van der Waals surface area contributed by atoms with Gasteiger partial charge in [-0.1, -0.05) is 47.1 Å². The smallest absolute Gasteiger partial charge is 0.268 e. The molecule has 2 aromatic rings. The lowest BCUT2D eigenvalue weighted by Gasteiger charge is -2.16. The number of benzene rings is 2. The zero-order chi connectivity index (χ0) is 20.3. The average Bonchev–Trinajstić information content (AvgIpc) is 2.88. The van der Waals surface area contributed by atoms with Crippen LogP contribution in [0.3, 0.4) is 0 Å². The fourth-order valence-corrected chi connectivity index (χ4v) is 3.99. The van der Waals surface area contributed by atoms with E-state index >= 15 is 0 Å². The first-order valence-corrected chi connectivity index (χ1v) is 10.4. The number of hydrogen-bond acceptors (Lipinski definition) is 4. The summed E-state index contributed by atoms with van der Waals surface area (Å²) in [6, 6.07) is 14.1. The van der Waals surface area contributed by atoms with Crippen molar-refractivity contribution in [2.45, 2.75) is 24.8 Å². The van der Waals surface area contributed by atoms with E-state index in [1.807, 2.05) is 26.0 Å². The van der Waals surface area contributed by atoms with Gasteiger partial charge in [-0.15, -0.1) is 0 Å². The zero-order valence-corrected chi connectivity index (χ0v) is 17.8. The zero-order valence-electron chi connectivity index (χ0n) is 15.4. The maximum atomic E-state index is 13.1. The Hall–Kier alpha value is -1.79. The van der Waals surface area contributed by atoms with Crippen LogP contribution in [-0.4, -0.2) is 36.0 Å². The predicted octanol–water partition coefficient (Wildman–Crippen LogP) is 5.29. The molecule has 0 unspecified atom stereocenters. The third-order valence-electron chi connectivity index (χ3n) is 4.06. The minimum absolute atomic E-state index is 0.0272. The first kappa shape index (κ1) is 20.9. The molecule has 0 bridgehead atoms. The number of nitrogens with zero attached hydrogens (tertiary/aromatic N) is 1. The molecule has 2 aromatic carbocycles. The van der Waals surface area contributed by atoms with Crippen molar-refractivity contribution in [3.63, 3.8) is 0 Å². The van der Waals surface area contributed by atoms with Crippen molar-refractivity contribution in [2.75, 3.05) is 13.2 Å². The first-order chi connectivity index (χ1) is 13.4. The standard InChI is InChI=1S/C21H19Cl2NO3S/c1-13(2)27-12-11-24-20(25)18(14-3-5-15(22)6-4-14)19(21(24)26)28-17-9-7-16(23)8-10-17/h3-10,13H,11-12H2,1-2H3. The number of carbonyl (C=O) groups excluding carboxylic acids is 2. The third-order valence-corrected chi connectivity index (χ3v) is 5.65. The number of ether oxygens (including phenoxy) is 1. The summed E-state index contributed by atoms with van der Waals surface area (Å²) in [6.07, 6.45) is 0.0272. The summed E-state index contributed by atoms with van der Waals surface area (Å²) in [7, 11) is 0. The molecule has 0 atom stereocenters. The molecule has 0 aliphatic carbocycles. The molecule has 0 spiro atoms. The van der Waals surface area contributed by atoms with E-state index in [0.717, 1.165) is 4.90 Å². The average molecular weight is 436 g/mol. The van der Waals surface area contributed by atoms with Gasteiger partial charge in [0.25, 0.3) is 11.8 Å². The third kappa shape index (κ3) is 4.78. The second-order valence-electron chi connectivity index (χ2n) is 6.45. The Morgan fingerprint density at radius 3 is 2.07 bits per heavy atom. The van der Waals surface area contributed by atoms with Crippen LogP contribution in [0, 0.1) is 0 Å². The fraction of sp³-hybridized carbons (Fsp3) is 0.238. The van der Waals surface area contributed by atoms with E-state index in [0.29, 0.717) is 32.7 Å². The van der Waals surface area contributed by atoms with Crippen molar-refractivity contribution in [3.05, 3.63) is 69.0 Å². The van der Waals surface area contributed by atoms with Crippen LogP contribution in [0.25, 0.3) is 5.57 Å². The summed E-state index contributed by atoms with van der Waals surface area (Å²) in [6.45, 7) is 4.32. The maximum absolute atomic E-state index is 13.1. The number of rotatable bonds is 7. The van der Waals surface area contributed by atoms with Crippen molar-refractivity contribution >= 4 is 52.4 Å². The number of amides is 2. The topological polar surface area (TPSA) is 46.6 Å². The van der Waals surface area contributed by atoms with Gasteiger partial charge in [0.05, 0.1) is 29.7 Å². The van der Waals surface area contributed by atoms with E-state index in [1.165, 1.54) is 16.7 Å². The quantitative estimate of drug-likeness (QED) is 0.554. The van der Waals surface area contributed by atoms with Crippen molar-refractivity contribution in [1.29, 1.82) is 0 Å². The van der Waals surface area contributed by atoms with Gasteiger partial charge in [0.2, 0.25) is 0 Å². The van der Waals surface area contributed by atoms with E-state index in [1.54, 1.807) is 36.4 Å². The highest BCUT2D eigenvalue weighted by Gasteiger charge is 2.39. The molecule has 4 nitrogen and oxygen atoms in total. The highest BCUT2D eigenvalue weighted by atomic mass is 35.5. The Morgan fingerprint density at radius 2 is 1.50 bits per heavy atom. The molecule has 0 saturated heterocycles. The van der Waals surface area contributed by atoms with Gasteiger partial charge in [-0.2, -0.15) is 0 Å². The van der Waals surface area contributed by atoms with E-state index < -0.39 is 0 Å². The molecular weight excluding hydrogens is 417 g/mol. The Morgan fingerprint density at radius 1 is 0.929 bits per heavy atom. The molecule has 0 radical (unpaired) electrons. The molecule has 146 valence electrons. The molecule has 1 heterocycles. The number of carbonyl (C=O) groups is 2. The van der Waals surface area contributed by atoms with Crippen LogP contribution < -0.4 is 0 Å². The van der Waals surface area contributed by atoms with Crippen molar-refractivity contribution in [1.82, 2.24) is 4.90 Å². The van der Waals surface area contributed by atoms with Crippen molar-refractivity contribution in [2.24, 2.45) is 0 Å². The van der Waals surface area contributed by atoms with Crippen molar-refractivity contribution < 1.29 is 14.3 Å². The molecule has 2 amide bonds. The second-order valence-corrected chi connectivity index (χ2v) is 8.41.